The van der Waals surface area contributed by atoms with Crippen molar-refractivity contribution in [3.05, 3.63) is 67.1 Å². The first-order valence-electron chi connectivity index (χ1n) is 9.13. The number of pyridine rings is 1. The van der Waals surface area contributed by atoms with Gasteiger partial charge in [-0.25, -0.2) is 0 Å². The van der Waals surface area contributed by atoms with Crippen LogP contribution in [0.25, 0.3) is 22.4 Å². The van der Waals surface area contributed by atoms with Crippen LogP contribution in [0.5, 0.6) is 5.75 Å². The van der Waals surface area contributed by atoms with Gasteiger partial charge in [0.25, 0.3) is 0 Å². The summed E-state index contributed by atoms with van der Waals surface area (Å²) >= 11 is 0. The third-order valence-electron chi connectivity index (χ3n) is 4.80. The Morgan fingerprint density at radius 2 is 1.77 bits per heavy atom. The highest BCUT2D eigenvalue weighted by molar-refractivity contribution is 5.88. The highest BCUT2D eigenvalue weighted by Gasteiger charge is 2.31. The van der Waals surface area contributed by atoms with Gasteiger partial charge in [-0.05, 0) is 48.0 Å². The number of nitrogens with zero attached hydrogens (tertiary/aromatic N) is 4. The van der Waals surface area contributed by atoms with Crippen LogP contribution in [0.2, 0.25) is 0 Å². The molecule has 0 bridgehead atoms. The molecule has 0 saturated heterocycles. The molecule has 0 spiro atoms. The fraction of sp³-hybridized carbons (Fsp3) is 0.190. The average Bonchev–Trinajstić information content (AvgIpc) is 3.12. The summed E-state index contributed by atoms with van der Waals surface area (Å²) in [6, 6.07) is 9.24. The first-order valence-corrected chi connectivity index (χ1v) is 9.13. The number of aromatic nitrogens is 3. The van der Waals surface area contributed by atoms with E-state index in [1.807, 2.05) is 16.8 Å². The highest BCUT2D eigenvalue weighted by Crippen LogP contribution is 2.37. The van der Waals surface area contributed by atoms with Crippen molar-refractivity contribution in [2.24, 2.45) is 0 Å². The normalized spacial score (nSPS) is 13.6. The van der Waals surface area contributed by atoms with Gasteiger partial charge in [-0.3, -0.25) is 14.5 Å². The quantitative estimate of drug-likeness (QED) is 0.605. The minimum atomic E-state index is -4.75. The number of fused-ring (bicyclic) bond motifs is 1. The predicted octanol–water partition coefficient (Wildman–Crippen LogP) is 4.04. The van der Waals surface area contributed by atoms with Crippen LogP contribution >= 0.6 is 0 Å². The van der Waals surface area contributed by atoms with Crippen molar-refractivity contribution in [2.45, 2.75) is 19.5 Å². The van der Waals surface area contributed by atoms with Crippen molar-refractivity contribution in [3.63, 3.8) is 0 Å². The van der Waals surface area contributed by atoms with Crippen LogP contribution in [-0.4, -0.2) is 38.5 Å². The van der Waals surface area contributed by atoms with Crippen molar-refractivity contribution in [3.8, 4) is 28.1 Å². The van der Waals surface area contributed by atoms with E-state index < -0.39 is 6.36 Å². The number of amides is 1. The topological polar surface area (TPSA) is 60.2 Å². The molecule has 2 aromatic heterocycles. The number of hydrogen-bond acceptors (Lipinski definition) is 4. The average molecular weight is 414 g/mol. The first-order chi connectivity index (χ1) is 14.4. The van der Waals surface area contributed by atoms with Gasteiger partial charge in [0, 0.05) is 30.1 Å². The monoisotopic (exact) mass is 414 g/mol. The molecule has 1 aliphatic rings. The Bertz CT molecular complexity index is 1080. The van der Waals surface area contributed by atoms with Crippen LogP contribution in [-0.2, 0) is 17.9 Å². The fourth-order valence-corrected chi connectivity index (χ4v) is 3.47. The third-order valence-corrected chi connectivity index (χ3v) is 4.80. The Balaban J connectivity index is 1.78. The molecule has 1 aliphatic heterocycles. The van der Waals surface area contributed by atoms with Crippen LogP contribution < -0.4 is 4.74 Å². The number of carbonyl (C=O) groups is 1. The summed E-state index contributed by atoms with van der Waals surface area (Å²) < 4.78 is 43.1. The van der Waals surface area contributed by atoms with E-state index in [-0.39, 0.29) is 11.7 Å². The number of ether oxygens (including phenoxy) is 1. The molecule has 3 aromatic rings. The summed E-state index contributed by atoms with van der Waals surface area (Å²) in [6.45, 7) is 4.89. The second-order valence-electron chi connectivity index (χ2n) is 6.67. The van der Waals surface area contributed by atoms with Crippen molar-refractivity contribution in [1.82, 2.24) is 19.7 Å². The summed E-state index contributed by atoms with van der Waals surface area (Å²) in [5, 5.41) is 4.69. The van der Waals surface area contributed by atoms with Crippen LogP contribution in [0, 0.1) is 0 Å². The Hall–Kier alpha value is -3.62. The number of carbonyl (C=O) groups excluding carboxylic acids is 1. The third kappa shape index (κ3) is 3.91. The lowest BCUT2D eigenvalue weighted by Gasteiger charge is -2.27. The first kappa shape index (κ1) is 19.7. The Morgan fingerprint density at radius 1 is 1.07 bits per heavy atom. The highest BCUT2D eigenvalue weighted by atomic mass is 19.4. The van der Waals surface area contributed by atoms with Crippen LogP contribution in [0.15, 0.2) is 61.4 Å². The molecule has 4 rings (SSSR count). The largest absolute Gasteiger partial charge is 0.573 e. The number of halogens is 3. The van der Waals surface area contributed by atoms with Crippen LogP contribution in [0.1, 0.15) is 5.69 Å². The molecular formula is C21H17F3N4O2. The van der Waals surface area contributed by atoms with Crippen molar-refractivity contribution < 1.29 is 22.7 Å². The summed E-state index contributed by atoms with van der Waals surface area (Å²) in [7, 11) is 0. The maximum absolute atomic E-state index is 12.5. The Kier molecular flexibility index (Phi) is 5.03. The Labute approximate surface area is 170 Å². The van der Waals surface area contributed by atoms with Gasteiger partial charge in [0.15, 0.2) is 0 Å². The van der Waals surface area contributed by atoms with E-state index in [9.17, 15) is 18.0 Å². The maximum Gasteiger partial charge on any atom is 0.573 e. The second-order valence-corrected chi connectivity index (χ2v) is 6.67. The van der Waals surface area contributed by atoms with Crippen molar-refractivity contribution in [1.29, 1.82) is 0 Å². The number of rotatable bonds is 4. The van der Waals surface area contributed by atoms with E-state index in [1.165, 1.54) is 30.3 Å². The minimum absolute atomic E-state index is 0.168. The molecule has 0 atom stereocenters. The zero-order valence-corrected chi connectivity index (χ0v) is 15.8. The second kappa shape index (κ2) is 7.66. The van der Waals surface area contributed by atoms with Gasteiger partial charge >= 0.3 is 6.36 Å². The summed E-state index contributed by atoms with van der Waals surface area (Å²) in [6.07, 6.45) is -0.172. The van der Waals surface area contributed by atoms with Gasteiger partial charge in [0.1, 0.15) is 11.4 Å². The van der Waals surface area contributed by atoms with E-state index in [0.29, 0.717) is 30.9 Å². The summed E-state index contributed by atoms with van der Waals surface area (Å²) in [4.78, 5) is 17.8. The smallest absolute Gasteiger partial charge is 0.406 e. The van der Waals surface area contributed by atoms with E-state index in [0.717, 1.165) is 16.8 Å². The van der Waals surface area contributed by atoms with Gasteiger partial charge in [0.05, 0.1) is 18.8 Å². The lowest BCUT2D eigenvalue weighted by molar-refractivity contribution is -0.274. The van der Waals surface area contributed by atoms with Crippen LogP contribution in [0.3, 0.4) is 0 Å². The van der Waals surface area contributed by atoms with Gasteiger partial charge in [0.2, 0.25) is 5.91 Å². The number of alkyl halides is 3. The zero-order chi connectivity index (χ0) is 21.3. The summed E-state index contributed by atoms with van der Waals surface area (Å²) in [5.41, 5.74) is 3.75. The van der Waals surface area contributed by atoms with Crippen molar-refractivity contribution in [2.75, 3.05) is 6.54 Å². The molecule has 1 aromatic carbocycles. The lowest BCUT2D eigenvalue weighted by atomic mass is 9.99. The molecule has 0 fully saturated rings. The molecule has 3 heterocycles. The molecular weight excluding hydrogens is 397 g/mol. The van der Waals surface area contributed by atoms with E-state index in [1.54, 1.807) is 17.3 Å². The molecule has 9 heteroatoms. The molecule has 6 nitrogen and oxygen atoms in total. The fourth-order valence-electron chi connectivity index (χ4n) is 3.47. The lowest BCUT2D eigenvalue weighted by Crippen LogP contribution is -2.37. The van der Waals surface area contributed by atoms with Gasteiger partial charge in [-0.2, -0.15) is 5.10 Å². The molecule has 0 saturated carbocycles. The molecule has 154 valence electrons. The van der Waals surface area contributed by atoms with Crippen molar-refractivity contribution >= 4 is 5.91 Å². The molecule has 1 amide bonds. The zero-order valence-electron chi connectivity index (χ0n) is 15.8. The van der Waals surface area contributed by atoms with E-state index in [2.05, 4.69) is 16.3 Å². The molecule has 0 radical (unpaired) electrons. The molecule has 0 aliphatic carbocycles. The molecule has 0 N–H and O–H groups in total. The van der Waals surface area contributed by atoms with Gasteiger partial charge in [-0.15, -0.1) is 13.2 Å². The van der Waals surface area contributed by atoms with E-state index >= 15 is 0 Å². The minimum Gasteiger partial charge on any atom is -0.406 e. The maximum atomic E-state index is 12.5. The number of hydrogen-bond donors (Lipinski definition) is 0. The van der Waals surface area contributed by atoms with Crippen LogP contribution in [0.4, 0.5) is 13.2 Å². The van der Waals surface area contributed by atoms with E-state index in [4.69, 9.17) is 5.10 Å². The molecule has 0 unspecified atom stereocenters. The predicted molar refractivity (Wildman–Crippen MR) is 103 cm³/mol. The molecule has 30 heavy (non-hydrogen) atoms. The summed E-state index contributed by atoms with van der Waals surface area (Å²) in [5.74, 6) is -0.471. The SMILES string of the molecule is C=CC(=O)N1CCn2nc(-c3ccc(OC(F)(F)F)cc3)c(-c3ccncc3)c2C1. The van der Waals surface area contributed by atoms with Gasteiger partial charge in [-0.1, -0.05) is 6.58 Å². The number of benzene rings is 1. The van der Waals surface area contributed by atoms with Gasteiger partial charge < -0.3 is 9.64 Å². The standard InChI is InChI=1S/C21H17F3N4O2/c1-2-18(29)27-11-12-28-17(13-27)19(14-7-9-25-10-8-14)20(26-28)15-3-5-16(6-4-15)30-21(22,23)24/h2-10H,1,11-13H2. The Morgan fingerprint density at radius 3 is 2.40 bits per heavy atom.